The van der Waals surface area contributed by atoms with E-state index in [-0.39, 0.29) is 6.03 Å². The van der Waals surface area contributed by atoms with Crippen LogP contribution in [0.4, 0.5) is 4.79 Å². The molecule has 1 aliphatic heterocycles. The molecule has 4 heteroatoms. The number of urea groups is 1. The van der Waals surface area contributed by atoms with Crippen molar-refractivity contribution >= 4 is 6.03 Å². The molecule has 1 heterocycles. The number of nitrogens with one attached hydrogen (secondary N) is 2. The lowest BCUT2D eigenvalue weighted by molar-refractivity contribution is 0.209. The van der Waals surface area contributed by atoms with E-state index in [0.717, 1.165) is 38.3 Å². The van der Waals surface area contributed by atoms with Crippen molar-refractivity contribution in [2.24, 2.45) is 5.92 Å². The zero-order valence-electron chi connectivity index (χ0n) is 11.3. The van der Waals surface area contributed by atoms with Gasteiger partial charge in [0.15, 0.2) is 0 Å². The Bertz CT molecular complexity index is 213. The molecule has 2 N–H and O–H groups in total. The molecule has 0 saturated carbocycles. The predicted molar refractivity (Wildman–Crippen MR) is 71.1 cm³/mol. The molecule has 0 bridgehead atoms. The zero-order valence-corrected chi connectivity index (χ0v) is 11.3. The van der Waals surface area contributed by atoms with Gasteiger partial charge in [0.25, 0.3) is 0 Å². The summed E-state index contributed by atoms with van der Waals surface area (Å²) >= 11 is 0. The van der Waals surface area contributed by atoms with E-state index in [2.05, 4.69) is 29.5 Å². The van der Waals surface area contributed by atoms with Gasteiger partial charge in [-0.25, -0.2) is 4.79 Å². The van der Waals surface area contributed by atoms with Crippen LogP contribution in [-0.2, 0) is 0 Å². The van der Waals surface area contributed by atoms with Crippen LogP contribution in [0.15, 0.2) is 0 Å². The monoisotopic (exact) mass is 241 g/mol. The minimum Gasteiger partial charge on any atom is -0.338 e. The minimum absolute atomic E-state index is 0.00798. The van der Waals surface area contributed by atoms with E-state index in [1.54, 1.807) is 0 Å². The Morgan fingerprint density at radius 2 is 1.88 bits per heavy atom. The Balaban J connectivity index is 1.97. The molecule has 1 rings (SSSR count). The lowest BCUT2D eigenvalue weighted by Crippen LogP contribution is -2.38. The summed E-state index contributed by atoms with van der Waals surface area (Å²) in [5.74, 6) is 0.794. The smallest absolute Gasteiger partial charge is 0.314 e. The zero-order chi connectivity index (χ0) is 12.5. The number of unbranched alkanes of at least 4 members (excludes halogenated alkanes) is 1. The second kappa shape index (κ2) is 8.34. The molecule has 17 heavy (non-hydrogen) atoms. The number of carbonyl (C=O) groups excluding carboxylic acids is 1. The molecule has 0 aromatic rings. The molecule has 0 spiro atoms. The number of amides is 2. The molecule has 1 saturated heterocycles. The Hall–Kier alpha value is -0.770. The highest BCUT2D eigenvalue weighted by Crippen LogP contribution is 2.18. The van der Waals surface area contributed by atoms with Gasteiger partial charge in [0, 0.05) is 13.1 Å². The summed E-state index contributed by atoms with van der Waals surface area (Å²) in [5, 5.41) is 5.81. The van der Waals surface area contributed by atoms with Crippen LogP contribution in [0.1, 0.15) is 39.0 Å². The maximum Gasteiger partial charge on any atom is 0.314 e. The first kappa shape index (κ1) is 14.3. The van der Waals surface area contributed by atoms with Gasteiger partial charge in [-0.05, 0) is 51.7 Å². The minimum atomic E-state index is -0.00798. The normalized spacial score (nSPS) is 18.0. The Kier molecular flexibility index (Phi) is 7.01. The van der Waals surface area contributed by atoms with Crippen LogP contribution in [0.25, 0.3) is 0 Å². The third kappa shape index (κ3) is 6.51. The van der Waals surface area contributed by atoms with Crippen LogP contribution in [0.5, 0.6) is 0 Å². The average Bonchev–Trinajstić information content (AvgIpc) is 2.32. The van der Waals surface area contributed by atoms with Crippen molar-refractivity contribution < 1.29 is 4.79 Å². The third-order valence-corrected chi connectivity index (χ3v) is 3.49. The highest BCUT2D eigenvalue weighted by Gasteiger charge is 2.16. The number of hydrogen-bond donors (Lipinski definition) is 2. The van der Waals surface area contributed by atoms with Gasteiger partial charge >= 0.3 is 6.03 Å². The first-order chi connectivity index (χ1) is 8.22. The van der Waals surface area contributed by atoms with Crippen LogP contribution in [0.3, 0.4) is 0 Å². The second-order valence-electron chi connectivity index (χ2n) is 5.07. The molecule has 0 unspecified atom stereocenters. The van der Waals surface area contributed by atoms with Crippen molar-refractivity contribution in [2.75, 3.05) is 33.2 Å². The Labute approximate surface area is 105 Å². The summed E-state index contributed by atoms with van der Waals surface area (Å²) in [4.78, 5) is 13.8. The van der Waals surface area contributed by atoms with E-state index < -0.39 is 0 Å². The number of nitrogens with zero attached hydrogens (tertiary/aromatic N) is 1. The maximum atomic E-state index is 11.4. The fourth-order valence-corrected chi connectivity index (χ4v) is 2.18. The average molecular weight is 241 g/mol. The highest BCUT2D eigenvalue weighted by atomic mass is 16.2. The molecule has 4 nitrogen and oxygen atoms in total. The molecular weight excluding hydrogens is 214 g/mol. The fraction of sp³-hybridized carbons (Fsp3) is 0.923. The number of carbonyl (C=O) groups is 1. The molecule has 2 amide bonds. The standard InChI is InChI=1S/C13H27N3O/c1-3-4-8-14-13(17)15-9-5-12-6-10-16(2)11-7-12/h12H,3-11H2,1-2H3,(H2,14,15,17). The van der Waals surface area contributed by atoms with Crippen molar-refractivity contribution in [3.05, 3.63) is 0 Å². The van der Waals surface area contributed by atoms with Crippen molar-refractivity contribution in [3.63, 3.8) is 0 Å². The third-order valence-electron chi connectivity index (χ3n) is 3.49. The predicted octanol–water partition coefficient (Wildman–Crippen LogP) is 1.82. The van der Waals surface area contributed by atoms with Gasteiger partial charge in [0.2, 0.25) is 0 Å². The number of hydrogen-bond acceptors (Lipinski definition) is 2. The molecule has 0 atom stereocenters. The van der Waals surface area contributed by atoms with Gasteiger partial charge in [-0.3, -0.25) is 0 Å². The van der Waals surface area contributed by atoms with E-state index in [0.29, 0.717) is 0 Å². The lowest BCUT2D eigenvalue weighted by Gasteiger charge is -2.28. The number of likely N-dealkylation sites (tertiary alicyclic amines) is 1. The van der Waals surface area contributed by atoms with Crippen molar-refractivity contribution in [3.8, 4) is 0 Å². The maximum absolute atomic E-state index is 11.4. The molecule has 0 radical (unpaired) electrons. The summed E-state index contributed by atoms with van der Waals surface area (Å²) in [6, 6.07) is -0.00798. The van der Waals surface area contributed by atoms with Crippen LogP contribution in [0.2, 0.25) is 0 Å². The van der Waals surface area contributed by atoms with E-state index in [9.17, 15) is 4.79 Å². The highest BCUT2D eigenvalue weighted by molar-refractivity contribution is 5.73. The van der Waals surface area contributed by atoms with E-state index in [1.165, 1.54) is 25.9 Å². The van der Waals surface area contributed by atoms with Crippen molar-refractivity contribution in [2.45, 2.75) is 39.0 Å². The summed E-state index contributed by atoms with van der Waals surface area (Å²) in [5.41, 5.74) is 0. The second-order valence-corrected chi connectivity index (χ2v) is 5.07. The van der Waals surface area contributed by atoms with Crippen LogP contribution in [-0.4, -0.2) is 44.2 Å². The van der Waals surface area contributed by atoms with Crippen molar-refractivity contribution in [1.29, 1.82) is 0 Å². The SMILES string of the molecule is CCCCNC(=O)NCCC1CCN(C)CC1. The van der Waals surface area contributed by atoms with Crippen molar-refractivity contribution in [1.82, 2.24) is 15.5 Å². The summed E-state index contributed by atoms with van der Waals surface area (Å²) < 4.78 is 0. The van der Waals surface area contributed by atoms with Crippen LogP contribution < -0.4 is 10.6 Å². The lowest BCUT2D eigenvalue weighted by atomic mass is 9.94. The van der Waals surface area contributed by atoms with E-state index >= 15 is 0 Å². The van der Waals surface area contributed by atoms with Gasteiger partial charge in [0.1, 0.15) is 0 Å². The van der Waals surface area contributed by atoms with Crippen LogP contribution >= 0.6 is 0 Å². The van der Waals surface area contributed by atoms with Gasteiger partial charge in [-0.2, -0.15) is 0 Å². The summed E-state index contributed by atoms with van der Waals surface area (Å²) in [6.07, 6.45) is 5.85. The summed E-state index contributed by atoms with van der Waals surface area (Å²) in [7, 11) is 2.18. The first-order valence-electron chi connectivity index (χ1n) is 6.92. The van der Waals surface area contributed by atoms with Gasteiger partial charge in [0.05, 0.1) is 0 Å². The molecule has 1 fully saturated rings. The topological polar surface area (TPSA) is 44.4 Å². The Morgan fingerprint density at radius 1 is 1.24 bits per heavy atom. The molecule has 1 aliphatic rings. The fourth-order valence-electron chi connectivity index (χ4n) is 2.18. The van der Waals surface area contributed by atoms with Gasteiger partial charge in [-0.1, -0.05) is 13.3 Å². The van der Waals surface area contributed by atoms with E-state index in [4.69, 9.17) is 0 Å². The molecule has 100 valence electrons. The summed E-state index contributed by atoms with van der Waals surface area (Å²) in [6.45, 7) is 6.13. The number of rotatable bonds is 6. The largest absolute Gasteiger partial charge is 0.338 e. The van der Waals surface area contributed by atoms with Crippen LogP contribution in [0, 0.1) is 5.92 Å². The molecule has 0 aromatic heterocycles. The van der Waals surface area contributed by atoms with E-state index in [1.807, 2.05) is 0 Å². The number of piperidine rings is 1. The molecule has 0 aromatic carbocycles. The Morgan fingerprint density at radius 3 is 2.53 bits per heavy atom. The molecule has 0 aliphatic carbocycles. The molecular formula is C13H27N3O. The van der Waals surface area contributed by atoms with Gasteiger partial charge in [-0.15, -0.1) is 0 Å². The first-order valence-corrected chi connectivity index (χ1v) is 6.92. The van der Waals surface area contributed by atoms with Gasteiger partial charge < -0.3 is 15.5 Å². The quantitative estimate of drug-likeness (QED) is 0.697.